The summed E-state index contributed by atoms with van der Waals surface area (Å²) in [6.07, 6.45) is 0.498. The second kappa shape index (κ2) is 14.4. The highest BCUT2D eigenvalue weighted by molar-refractivity contribution is 8.15. The van der Waals surface area contributed by atoms with Crippen molar-refractivity contribution >= 4 is 46.1 Å². The molecule has 1 aliphatic heterocycles. The number of hydrogen-bond donors (Lipinski definition) is 1. The van der Waals surface area contributed by atoms with Crippen molar-refractivity contribution in [1.82, 2.24) is 4.90 Å². The molecular weight excluding hydrogens is 558 g/mol. The summed E-state index contributed by atoms with van der Waals surface area (Å²) in [5.41, 5.74) is 2.53. The van der Waals surface area contributed by atoms with Crippen LogP contribution in [0.4, 0.5) is 11.4 Å². The molecule has 0 bridgehead atoms. The SMILES string of the molecule is CCOC(=O)c1ccc(NC(=O)C[C@H]2SC(=Nc3ccc(OC)cc3)N(CCc3ccc(OC)c(OC)c3)C2=O)cc1. The molecule has 0 aromatic heterocycles. The molecule has 0 unspecified atom stereocenters. The minimum absolute atomic E-state index is 0.0440. The zero-order valence-electron chi connectivity index (χ0n) is 23.9. The van der Waals surface area contributed by atoms with Crippen molar-refractivity contribution < 1.29 is 33.3 Å². The summed E-state index contributed by atoms with van der Waals surface area (Å²) in [4.78, 5) is 44.7. The average Bonchev–Trinajstić information content (AvgIpc) is 3.29. The topological polar surface area (TPSA) is 116 Å². The van der Waals surface area contributed by atoms with Gasteiger partial charge in [0.15, 0.2) is 16.7 Å². The lowest BCUT2D eigenvalue weighted by molar-refractivity contribution is -0.128. The molecule has 0 saturated carbocycles. The molecule has 1 saturated heterocycles. The summed E-state index contributed by atoms with van der Waals surface area (Å²) in [7, 11) is 4.74. The predicted octanol–water partition coefficient (Wildman–Crippen LogP) is 5.09. The van der Waals surface area contributed by atoms with Crippen molar-refractivity contribution in [3.63, 3.8) is 0 Å². The number of amidine groups is 1. The number of thioether (sulfide) groups is 1. The Morgan fingerprint density at radius 3 is 2.29 bits per heavy atom. The van der Waals surface area contributed by atoms with E-state index in [0.29, 0.717) is 52.3 Å². The van der Waals surface area contributed by atoms with Gasteiger partial charge in [-0.15, -0.1) is 0 Å². The van der Waals surface area contributed by atoms with Gasteiger partial charge in [-0.2, -0.15) is 0 Å². The van der Waals surface area contributed by atoms with Gasteiger partial charge in [0.25, 0.3) is 0 Å². The van der Waals surface area contributed by atoms with Crippen LogP contribution in [0.2, 0.25) is 0 Å². The van der Waals surface area contributed by atoms with Gasteiger partial charge in [0.05, 0.1) is 39.2 Å². The van der Waals surface area contributed by atoms with Crippen LogP contribution >= 0.6 is 11.8 Å². The molecular formula is C31H33N3O7S. The fourth-order valence-corrected chi connectivity index (χ4v) is 5.44. The molecule has 0 aliphatic carbocycles. The first-order chi connectivity index (χ1) is 20.3. The van der Waals surface area contributed by atoms with E-state index < -0.39 is 11.2 Å². The van der Waals surface area contributed by atoms with Crippen molar-refractivity contribution in [2.24, 2.45) is 4.99 Å². The average molecular weight is 592 g/mol. The first-order valence-electron chi connectivity index (χ1n) is 13.3. The van der Waals surface area contributed by atoms with Crippen molar-refractivity contribution in [3.8, 4) is 17.2 Å². The number of anilines is 1. The van der Waals surface area contributed by atoms with E-state index in [1.165, 1.54) is 11.8 Å². The van der Waals surface area contributed by atoms with E-state index >= 15 is 0 Å². The summed E-state index contributed by atoms with van der Waals surface area (Å²) >= 11 is 1.26. The minimum Gasteiger partial charge on any atom is -0.497 e. The molecule has 1 heterocycles. The fraction of sp³-hybridized carbons (Fsp3) is 0.290. The first kappa shape index (κ1) is 30.4. The molecule has 220 valence electrons. The number of hydrogen-bond acceptors (Lipinski definition) is 9. The number of methoxy groups -OCH3 is 3. The number of carbonyl (C=O) groups excluding carboxylic acids is 3. The van der Waals surface area contributed by atoms with Gasteiger partial charge in [-0.05, 0) is 79.6 Å². The molecule has 1 aliphatic rings. The smallest absolute Gasteiger partial charge is 0.338 e. The summed E-state index contributed by atoms with van der Waals surface area (Å²) < 4.78 is 21.0. The van der Waals surface area contributed by atoms with E-state index in [2.05, 4.69) is 5.32 Å². The molecule has 4 rings (SSSR count). The molecule has 3 aromatic carbocycles. The minimum atomic E-state index is -0.647. The lowest BCUT2D eigenvalue weighted by atomic mass is 10.1. The quantitative estimate of drug-likeness (QED) is 0.290. The van der Waals surface area contributed by atoms with Gasteiger partial charge in [0.1, 0.15) is 11.0 Å². The van der Waals surface area contributed by atoms with Crippen LogP contribution in [0.3, 0.4) is 0 Å². The van der Waals surface area contributed by atoms with Gasteiger partial charge in [-0.25, -0.2) is 9.79 Å². The van der Waals surface area contributed by atoms with Gasteiger partial charge in [0, 0.05) is 18.7 Å². The first-order valence-corrected chi connectivity index (χ1v) is 14.2. The maximum Gasteiger partial charge on any atom is 0.338 e. The molecule has 0 spiro atoms. The zero-order chi connectivity index (χ0) is 30.1. The lowest BCUT2D eigenvalue weighted by Gasteiger charge is -2.17. The molecule has 1 fully saturated rings. The highest BCUT2D eigenvalue weighted by Gasteiger charge is 2.39. The van der Waals surface area contributed by atoms with Crippen LogP contribution in [0.25, 0.3) is 0 Å². The number of nitrogens with zero attached hydrogens (tertiary/aromatic N) is 2. The van der Waals surface area contributed by atoms with Crippen LogP contribution in [-0.2, 0) is 20.7 Å². The Labute approximate surface area is 249 Å². The number of aliphatic imine (C=N–C) groups is 1. The number of rotatable bonds is 12. The van der Waals surface area contributed by atoms with Crippen LogP contribution in [-0.4, -0.2) is 67.6 Å². The molecule has 3 aromatic rings. The Morgan fingerprint density at radius 2 is 1.64 bits per heavy atom. The van der Waals surface area contributed by atoms with Gasteiger partial charge in [-0.3, -0.25) is 14.5 Å². The predicted molar refractivity (Wildman–Crippen MR) is 162 cm³/mol. The van der Waals surface area contributed by atoms with Crippen LogP contribution < -0.4 is 19.5 Å². The Bertz CT molecular complexity index is 1440. The van der Waals surface area contributed by atoms with Crippen molar-refractivity contribution in [2.75, 3.05) is 39.8 Å². The summed E-state index contributed by atoms with van der Waals surface area (Å²) in [6, 6.07) is 19.3. The molecule has 10 nitrogen and oxygen atoms in total. The second-order valence-electron chi connectivity index (χ2n) is 9.18. The molecule has 0 radical (unpaired) electrons. The molecule has 2 amide bonds. The maximum atomic E-state index is 13.5. The highest BCUT2D eigenvalue weighted by atomic mass is 32.2. The number of nitrogens with one attached hydrogen (secondary N) is 1. The Hall–Kier alpha value is -4.51. The van der Waals surface area contributed by atoms with Crippen LogP contribution in [0.15, 0.2) is 71.7 Å². The Balaban J connectivity index is 1.48. The van der Waals surface area contributed by atoms with Crippen LogP contribution in [0.1, 0.15) is 29.3 Å². The number of esters is 1. The number of ether oxygens (including phenoxy) is 4. The normalized spacial score (nSPS) is 15.4. The Kier molecular flexibility index (Phi) is 10.4. The fourth-order valence-electron chi connectivity index (χ4n) is 4.26. The van der Waals surface area contributed by atoms with Crippen molar-refractivity contribution in [1.29, 1.82) is 0 Å². The molecule has 1 N–H and O–H groups in total. The van der Waals surface area contributed by atoms with Crippen LogP contribution in [0, 0.1) is 0 Å². The molecule has 11 heteroatoms. The third-order valence-corrected chi connectivity index (χ3v) is 7.62. The monoisotopic (exact) mass is 591 g/mol. The van der Waals surface area contributed by atoms with E-state index in [9.17, 15) is 14.4 Å². The van der Waals surface area contributed by atoms with E-state index in [-0.39, 0.29) is 24.8 Å². The largest absolute Gasteiger partial charge is 0.497 e. The third kappa shape index (κ3) is 7.61. The Morgan fingerprint density at radius 1 is 0.929 bits per heavy atom. The maximum absolute atomic E-state index is 13.5. The lowest BCUT2D eigenvalue weighted by Crippen LogP contribution is -2.35. The van der Waals surface area contributed by atoms with Gasteiger partial charge < -0.3 is 24.3 Å². The van der Waals surface area contributed by atoms with Gasteiger partial charge in [0.2, 0.25) is 11.8 Å². The number of benzene rings is 3. The summed E-state index contributed by atoms with van der Waals surface area (Å²) in [6.45, 7) is 2.38. The van der Waals surface area contributed by atoms with Gasteiger partial charge in [-0.1, -0.05) is 17.8 Å². The van der Waals surface area contributed by atoms with Gasteiger partial charge >= 0.3 is 5.97 Å². The summed E-state index contributed by atoms with van der Waals surface area (Å²) in [5, 5.41) is 2.68. The highest BCUT2D eigenvalue weighted by Crippen LogP contribution is 2.33. The molecule has 1 atom stereocenters. The third-order valence-electron chi connectivity index (χ3n) is 6.44. The second-order valence-corrected chi connectivity index (χ2v) is 10.3. The molecule has 42 heavy (non-hydrogen) atoms. The summed E-state index contributed by atoms with van der Waals surface area (Å²) in [5.74, 6) is 0.978. The van der Waals surface area contributed by atoms with Crippen molar-refractivity contribution in [3.05, 3.63) is 77.9 Å². The standard InChI is InChI=1S/C31H33N3O7S/c1-5-41-30(37)21-7-9-22(10-8-21)32-28(35)19-27-29(36)34(17-16-20-6-15-25(39-3)26(18-20)40-4)31(42-27)33-23-11-13-24(38-2)14-12-23/h6-15,18,27H,5,16-17,19H2,1-4H3,(H,32,35)/t27-/m1/s1. The zero-order valence-corrected chi connectivity index (χ0v) is 24.7. The van der Waals surface area contributed by atoms with Crippen molar-refractivity contribution in [2.45, 2.75) is 25.0 Å². The van der Waals surface area contributed by atoms with E-state index in [4.69, 9.17) is 23.9 Å². The number of carbonyl (C=O) groups is 3. The van der Waals surface area contributed by atoms with E-state index in [1.54, 1.807) is 69.6 Å². The van der Waals surface area contributed by atoms with Crippen LogP contribution in [0.5, 0.6) is 17.2 Å². The van der Waals surface area contributed by atoms with E-state index in [0.717, 1.165) is 5.56 Å². The van der Waals surface area contributed by atoms with E-state index in [1.807, 2.05) is 30.3 Å². The number of amides is 2.